The number of hydrogen-bond acceptors (Lipinski definition) is 6. The van der Waals surface area contributed by atoms with E-state index in [1.165, 1.54) is 12.0 Å². The highest BCUT2D eigenvalue weighted by molar-refractivity contribution is 5.91. The largest absolute Gasteiger partial charge is 0.467 e. The molecule has 2 aromatic carbocycles. The van der Waals surface area contributed by atoms with E-state index >= 15 is 0 Å². The van der Waals surface area contributed by atoms with Gasteiger partial charge in [-0.3, -0.25) is 4.79 Å². The number of esters is 1. The average Bonchev–Trinajstić information content (AvgIpc) is 3.39. The molecule has 3 atom stereocenters. The van der Waals surface area contributed by atoms with Gasteiger partial charge in [0, 0.05) is 18.9 Å². The van der Waals surface area contributed by atoms with Gasteiger partial charge in [0.1, 0.15) is 17.7 Å². The van der Waals surface area contributed by atoms with E-state index < -0.39 is 41.1 Å². The topological polar surface area (TPSA) is 94.2 Å². The standard InChI is InChI=1S/C35H46N2O6/c1-10-20-34(6,7)23-43-32(40)36-29(33(3,4)5)30(38)37-22-35(42-9,21-28(37)31(39)41-8)26-18-16-25(17-19-26)27-15-13-12-14-24(27)11-2/h10-19,28-29H,1-2,20-23H2,3-9H3,(H,36,40). The van der Waals surface area contributed by atoms with Gasteiger partial charge in [0.15, 0.2) is 0 Å². The normalized spacial score (nSPS) is 19.3. The van der Waals surface area contributed by atoms with Crippen molar-refractivity contribution < 1.29 is 28.6 Å². The van der Waals surface area contributed by atoms with Crippen molar-refractivity contribution in [2.45, 2.75) is 65.1 Å². The van der Waals surface area contributed by atoms with Gasteiger partial charge in [-0.2, -0.15) is 0 Å². The molecule has 232 valence electrons. The summed E-state index contributed by atoms with van der Waals surface area (Å²) in [7, 11) is 2.87. The zero-order chi connectivity index (χ0) is 32.0. The number of amides is 2. The predicted molar refractivity (Wildman–Crippen MR) is 169 cm³/mol. The quantitative estimate of drug-likeness (QED) is 0.242. The first-order valence-corrected chi connectivity index (χ1v) is 14.5. The Morgan fingerprint density at radius 3 is 2.26 bits per heavy atom. The van der Waals surface area contributed by atoms with Crippen molar-refractivity contribution >= 4 is 24.0 Å². The molecular formula is C35H46N2O6. The molecule has 1 saturated heterocycles. The van der Waals surface area contributed by atoms with E-state index in [-0.39, 0.29) is 25.0 Å². The van der Waals surface area contributed by atoms with Crippen LogP contribution in [0.3, 0.4) is 0 Å². The van der Waals surface area contributed by atoms with Gasteiger partial charge in [0.25, 0.3) is 0 Å². The van der Waals surface area contributed by atoms with Gasteiger partial charge >= 0.3 is 12.1 Å². The van der Waals surface area contributed by atoms with Gasteiger partial charge < -0.3 is 24.4 Å². The molecule has 8 nitrogen and oxygen atoms in total. The Hall–Kier alpha value is -3.91. The van der Waals surface area contributed by atoms with Gasteiger partial charge in [-0.25, -0.2) is 9.59 Å². The van der Waals surface area contributed by atoms with Crippen LogP contribution in [0.4, 0.5) is 4.79 Å². The third-order valence-corrected chi connectivity index (χ3v) is 8.04. The number of allylic oxidation sites excluding steroid dienone is 1. The minimum absolute atomic E-state index is 0.0976. The summed E-state index contributed by atoms with van der Waals surface area (Å²) in [6, 6.07) is 14.0. The first kappa shape index (κ1) is 33.6. The molecule has 43 heavy (non-hydrogen) atoms. The summed E-state index contributed by atoms with van der Waals surface area (Å²) < 4.78 is 16.7. The Bertz CT molecular complexity index is 1330. The van der Waals surface area contributed by atoms with Crippen LogP contribution in [0, 0.1) is 10.8 Å². The molecule has 0 bridgehead atoms. The summed E-state index contributed by atoms with van der Waals surface area (Å²) >= 11 is 0. The number of benzene rings is 2. The number of methoxy groups -OCH3 is 2. The van der Waals surface area contributed by atoms with Crippen molar-refractivity contribution in [3.05, 3.63) is 78.9 Å². The number of nitrogens with one attached hydrogen (secondary N) is 1. The van der Waals surface area contributed by atoms with E-state index in [9.17, 15) is 14.4 Å². The first-order chi connectivity index (χ1) is 20.2. The van der Waals surface area contributed by atoms with E-state index in [1.54, 1.807) is 13.2 Å². The maximum atomic E-state index is 14.2. The Morgan fingerprint density at radius 1 is 1.05 bits per heavy atom. The second-order valence-corrected chi connectivity index (χ2v) is 13.0. The number of rotatable bonds is 11. The molecule has 0 saturated carbocycles. The average molecular weight is 591 g/mol. The summed E-state index contributed by atoms with van der Waals surface area (Å²) in [4.78, 5) is 41.6. The lowest BCUT2D eigenvalue weighted by Gasteiger charge is -2.35. The highest BCUT2D eigenvalue weighted by atomic mass is 16.5. The fourth-order valence-electron chi connectivity index (χ4n) is 5.50. The van der Waals surface area contributed by atoms with Crippen LogP contribution in [0.2, 0.25) is 0 Å². The number of hydrogen-bond donors (Lipinski definition) is 1. The third kappa shape index (κ3) is 7.73. The van der Waals surface area contributed by atoms with Crippen LogP contribution in [0.1, 0.15) is 58.6 Å². The molecule has 1 fully saturated rings. The molecule has 0 spiro atoms. The van der Waals surface area contributed by atoms with Crippen molar-refractivity contribution in [3.63, 3.8) is 0 Å². The number of likely N-dealkylation sites (tertiary alicyclic amines) is 1. The summed E-state index contributed by atoms with van der Waals surface area (Å²) in [6.07, 6.45) is 3.75. The maximum absolute atomic E-state index is 14.2. The number of ether oxygens (including phenoxy) is 3. The van der Waals surface area contributed by atoms with E-state index in [1.807, 2.05) is 89.2 Å². The molecule has 0 aromatic heterocycles. The lowest BCUT2D eigenvalue weighted by atomic mass is 9.85. The molecule has 8 heteroatoms. The second kappa shape index (κ2) is 13.6. The number of alkyl carbamates (subject to hydrolysis) is 1. The maximum Gasteiger partial charge on any atom is 0.407 e. The van der Waals surface area contributed by atoms with Crippen LogP contribution < -0.4 is 5.32 Å². The van der Waals surface area contributed by atoms with Crippen LogP contribution in [-0.4, -0.2) is 62.3 Å². The molecule has 1 heterocycles. The van der Waals surface area contributed by atoms with E-state index in [4.69, 9.17) is 14.2 Å². The van der Waals surface area contributed by atoms with E-state index in [0.717, 1.165) is 22.3 Å². The van der Waals surface area contributed by atoms with Gasteiger partial charge in [0.2, 0.25) is 5.91 Å². The zero-order valence-corrected chi connectivity index (χ0v) is 26.6. The van der Waals surface area contributed by atoms with E-state index in [0.29, 0.717) is 6.42 Å². The van der Waals surface area contributed by atoms with Crippen LogP contribution >= 0.6 is 0 Å². The van der Waals surface area contributed by atoms with Crippen molar-refractivity contribution in [3.8, 4) is 11.1 Å². The molecular weight excluding hydrogens is 544 g/mol. The van der Waals surface area contributed by atoms with Crippen molar-refractivity contribution in [2.75, 3.05) is 27.4 Å². The van der Waals surface area contributed by atoms with Crippen molar-refractivity contribution in [1.29, 1.82) is 0 Å². The summed E-state index contributed by atoms with van der Waals surface area (Å²) in [6.45, 7) is 17.4. The van der Waals surface area contributed by atoms with Gasteiger partial charge in [-0.1, -0.05) is 102 Å². The monoisotopic (exact) mass is 590 g/mol. The van der Waals surface area contributed by atoms with Crippen molar-refractivity contribution in [1.82, 2.24) is 10.2 Å². The number of nitrogens with zero attached hydrogens (tertiary/aromatic N) is 1. The lowest BCUT2D eigenvalue weighted by molar-refractivity contribution is -0.152. The molecule has 0 aliphatic carbocycles. The fraction of sp³-hybridized carbons (Fsp3) is 0.457. The Kier molecular flexibility index (Phi) is 10.6. The lowest BCUT2D eigenvalue weighted by Crippen LogP contribution is -2.57. The highest BCUT2D eigenvalue weighted by Gasteiger charge is 2.53. The Balaban J connectivity index is 1.91. The first-order valence-electron chi connectivity index (χ1n) is 14.5. The van der Waals surface area contributed by atoms with Gasteiger partial charge in [-0.15, -0.1) is 6.58 Å². The summed E-state index contributed by atoms with van der Waals surface area (Å²) in [5, 5.41) is 2.77. The molecule has 1 aliphatic rings. The SMILES string of the molecule is C=CCC(C)(C)COC(=O)NC(C(=O)N1CC(OC)(c2ccc(-c3ccccc3C=C)cc2)CC1C(=O)OC)C(C)(C)C. The minimum atomic E-state index is -0.972. The highest BCUT2D eigenvalue weighted by Crippen LogP contribution is 2.41. The second-order valence-electron chi connectivity index (χ2n) is 13.0. The minimum Gasteiger partial charge on any atom is -0.467 e. The van der Waals surface area contributed by atoms with Gasteiger partial charge in [-0.05, 0) is 34.1 Å². The Labute approximate surface area is 256 Å². The summed E-state index contributed by atoms with van der Waals surface area (Å²) in [5.74, 6) is -0.967. The molecule has 2 amide bonds. The van der Waals surface area contributed by atoms with Gasteiger partial charge in [0.05, 0.1) is 20.3 Å². The van der Waals surface area contributed by atoms with Crippen LogP contribution in [0.5, 0.6) is 0 Å². The molecule has 2 aromatic rings. The molecule has 1 aliphatic heterocycles. The van der Waals surface area contributed by atoms with Crippen LogP contribution in [0.15, 0.2) is 67.8 Å². The smallest absolute Gasteiger partial charge is 0.407 e. The third-order valence-electron chi connectivity index (χ3n) is 8.04. The predicted octanol–water partition coefficient (Wildman–Crippen LogP) is 6.36. The molecule has 3 rings (SSSR count). The Morgan fingerprint density at radius 2 is 1.70 bits per heavy atom. The van der Waals surface area contributed by atoms with Crippen molar-refractivity contribution in [2.24, 2.45) is 10.8 Å². The van der Waals surface area contributed by atoms with Crippen LogP contribution in [-0.2, 0) is 29.4 Å². The molecule has 0 radical (unpaired) electrons. The molecule has 1 N–H and O–H groups in total. The zero-order valence-electron chi connectivity index (χ0n) is 26.6. The summed E-state index contributed by atoms with van der Waals surface area (Å²) in [5.41, 5.74) is 1.94. The van der Waals surface area contributed by atoms with Crippen LogP contribution in [0.25, 0.3) is 17.2 Å². The number of carbonyl (C=O) groups excluding carboxylic acids is 3. The van der Waals surface area contributed by atoms with E-state index in [2.05, 4.69) is 18.5 Å². The number of carbonyl (C=O) groups is 3. The molecule has 3 unspecified atom stereocenters. The fourth-order valence-corrected chi connectivity index (χ4v) is 5.50.